The summed E-state index contributed by atoms with van der Waals surface area (Å²) in [5.41, 5.74) is 0.677. The van der Waals surface area contributed by atoms with Crippen LogP contribution >= 0.6 is 0 Å². The van der Waals surface area contributed by atoms with Gasteiger partial charge in [0.1, 0.15) is 11.5 Å². The molecule has 0 bridgehead atoms. The second-order valence-electron chi connectivity index (χ2n) is 5.28. The van der Waals surface area contributed by atoms with Crippen LogP contribution in [-0.2, 0) is 17.1 Å². The van der Waals surface area contributed by atoms with E-state index >= 15 is 0 Å². The number of methoxy groups -OCH3 is 2. The summed E-state index contributed by atoms with van der Waals surface area (Å²) in [5, 5.41) is 37.9. The van der Waals surface area contributed by atoms with Crippen molar-refractivity contribution in [2.45, 2.75) is 0 Å². The Kier molecular flexibility index (Phi) is 14.6. The molecule has 0 fully saturated rings. The van der Waals surface area contributed by atoms with Crippen LogP contribution < -0.4 is 19.7 Å². The monoisotopic (exact) mass is 472 g/mol. The van der Waals surface area contributed by atoms with Gasteiger partial charge in [0.15, 0.2) is 0 Å². The summed E-state index contributed by atoms with van der Waals surface area (Å²) in [6.45, 7) is 0. The van der Waals surface area contributed by atoms with Crippen LogP contribution in [-0.4, -0.2) is 43.5 Å². The average molecular weight is 473 g/mol. The molecule has 1 radical (unpaired) electrons. The Bertz CT molecular complexity index is 893. The molecule has 0 spiro atoms. The first kappa shape index (κ1) is 27.6. The van der Waals surface area contributed by atoms with Crippen molar-refractivity contribution in [3.63, 3.8) is 0 Å². The van der Waals surface area contributed by atoms with Crippen molar-refractivity contribution in [2.75, 3.05) is 21.3 Å². The molecule has 3 rings (SSSR count). The van der Waals surface area contributed by atoms with E-state index in [9.17, 15) is 10.2 Å². The number of nitrogens with zero attached hydrogens (tertiary/aromatic N) is 3. The maximum Gasteiger partial charge on any atom is 2.00 e. The topological polar surface area (TPSA) is 122 Å². The zero-order chi connectivity index (χ0) is 22.2. The molecule has 9 heteroatoms. The molecule has 0 saturated carbocycles. The van der Waals surface area contributed by atoms with Gasteiger partial charge in [-0.15, -0.1) is 0 Å². The summed E-state index contributed by atoms with van der Waals surface area (Å²) in [5.74, 6) is 0.0490. The summed E-state index contributed by atoms with van der Waals surface area (Å²) in [6, 6.07) is 17.0. The number of pyridine rings is 1. The van der Waals surface area contributed by atoms with Gasteiger partial charge in [0.2, 0.25) is 0 Å². The van der Waals surface area contributed by atoms with Crippen LogP contribution in [0.4, 0.5) is 0 Å². The van der Waals surface area contributed by atoms with Crippen molar-refractivity contribution in [1.29, 1.82) is 0 Å². The molecular formula is C22H23CuN3O5. The molecule has 0 unspecified atom stereocenters. The fourth-order valence-corrected chi connectivity index (χ4v) is 2.04. The van der Waals surface area contributed by atoms with Crippen LogP contribution in [0, 0.1) is 0 Å². The van der Waals surface area contributed by atoms with Gasteiger partial charge in [0, 0.05) is 25.4 Å². The third-order valence-electron chi connectivity index (χ3n) is 3.48. The molecule has 0 aliphatic heterocycles. The Morgan fingerprint density at radius 2 is 1.58 bits per heavy atom. The van der Waals surface area contributed by atoms with Crippen LogP contribution in [0.5, 0.6) is 17.2 Å². The minimum absolute atomic E-state index is 0. The van der Waals surface area contributed by atoms with Gasteiger partial charge >= 0.3 is 17.1 Å². The number of ether oxygens (including phenoxy) is 2. The molecule has 0 aliphatic carbocycles. The molecule has 1 heterocycles. The van der Waals surface area contributed by atoms with E-state index < -0.39 is 5.90 Å². The molecule has 0 aliphatic rings. The minimum Gasteiger partial charge on any atom is -0.870 e. The molecular weight excluding hydrogens is 450 g/mol. The van der Waals surface area contributed by atoms with Crippen LogP contribution in [0.25, 0.3) is 0 Å². The number of hydrogen-bond acceptors (Lipinski definition) is 8. The van der Waals surface area contributed by atoms with Gasteiger partial charge in [0.25, 0.3) is 0 Å². The van der Waals surface area contributed by atoms with Gasteiger partial charge < -0.3 is 24.8 Å². The van der Waals surface area contributed by atoms with Gasteiger partial charge in [-0.2, -0.15) is 10.2 Å². The van der Waals surface area contributed by atoms with Crippen molar-refractivity contribution >= 4 is 12.1 Å². The fraction of sp³-hybridized carbons (Fsp3) is 0.136. The van der Waals surface area contributed by atoms with Crippen LogP contribution in [0.1, 0.15) is 11.1 Å². The predicted molar refractivity (Wildman–Crippen MR) is 112 cm³/mol. The maximum absolute atomic E-state index is 11.9. The second-order valence-corrected chi connectivity index (χ2v) is 5.28. The van der Waals surface area contributed by atoms with Gasteiger partial charge in [-0.25, -0.2) is 0 Å². The first-order valence-electron chi connectivity index (χ1n) is 8.72. The van der Waals surface area contributed by atoms with Crippen molar-refractivity contribution in [2.24, 2.45) is 10.2 Å². The molecule has 0 atom stereocenters. The molecule has 2 aromatic carbocycles. The third kappa shape index (κ3) is 9.77. The molecule has 3 aromatic rings. The van der Waals surface area contributed by atoms with E-state index in [2.05, 4.69) is 15.2 Å². The van der Waals surface area contributed by atoms with Crippen molar-refractivity contribution in [3.8, 4) is 17.2 Å². The van der Waals surface area contributed by atoms with Crippen LogP contribution in [0.2, 0.25) is 0 Å². The van der Waals surface area contributed by atoms with E-state index in [1.54, 1.807) is 62.0 Å². The number of rotatable bonds is 5. The van der Waals surface area contributed by atoms with E-state index in [1.165, 1.54) is 13.3 Å². The van der Waals surface area contributed by atoms with E-state index in [0.717, 1.165) is 7.11 Å². The SMILES string of the molecule is CO.COc1ccc(/C([O-])=N/N=C/c2cccc(OC)c2[O-])cc1.[Cu+2].c1ccncc1. The Morgan fingerprint density at radius 1 is 0.935 bits per heavy atom. The molecule has 0 saturated heterocycles. The molecule has 31 heavy (non-hydrogen) atoms. The van der Waals surface area contributed by atoms with E-state index in [4.69, 9.17) is 14.6 Å². The number of hydrogen-bond donors (Lipinski definition) is 1. The Labute approximate surface area is 192 Å². The molecule has 8 nitrogen and oxygen atoms in total. The van der Waals surface area contributed by atoms with Gasteiger partial charge in [-0.3, -0.25) is 4.98 Å². The fourth-order valence-electron chi connectivity index (χ4n) is 2.04. The number of benzene rings is 2. The molecule has 1 N–H and O–H groups in total. The van der Waals surface area contributed by atoms with Gasteiger partial charge in [-0.1, -0.05) is 36.1 Å². The van der Waals surface area contributed by atoms with Crippen LogP contribution in [0.3, 0.4) is 0 Å². The first-order chi connectivity index (χ1) is 14.7. The number of aliphatic hydroxyl groups is 1. The quantitative estimate of drug-likeness (QED) is 0.260. The maximum atomic E-state index is 11.9. The van der Waals surface area contributed by atoms with E-state index in [1.807, 2.05) is 18.2 Å². The number of aromatic nitrogens is 1. The second kappa shape index (κ2) is 16.4. The Morgan fingerprint density at radius 3 is 2.06 bits per heavy atom. The normalized spacial score (nSPS) is 10.0. The average Bonchev–Trinajstić information content (AvgIpc) is 2.83. The smallest absolute Gasteiger partial charge is 0.870 e. The van der Waals surface area contributed by atoms with Gasteiger partial charge in [-0.05, 0) is 41.5 Å². The summed E-state index contributed by atoms with van der Waals surface area (Å²) in [6.07, 6.45) is 4.73. The molecule has 167 valence electrons. The first-order valence-corrected chi connectivity index (χ1v) is 8.72. The molecule has 0 amide bonds. The standard InChI is InChI=1S/C16H16N2O4.C5H5N.CH4O.Cu/c1-21-13-8-6-11(7-9-13)16(20)18-17-10-12-4-3-5-14(22-2)15(12)19;1-2-4-6-5-3-1;1-2;/h3-10,19H,1-2H3,(H,18,20);1-5H;2H,1H3;/q;;;+2/p-2/b17-10+;;;. The van der Waals surface area contributed by atoms with Crippen LogP contribution in [0.15, 0.2) is 83.3 Å². The number of aliphatic hydroxyl groups excluding tert-OH is 1. The molecule has 1 aromatic heterocycles. The summed E-state index contributed by atoms with van der Waals surface area (Å²) < 4.78 is 9.93. The summed E-state index contributed by atoms with van der Waals surface area (Å²) in [7, 11) is 3.95. The Hall–Kier alpha value is -3.39. The van der Waals surface area contributed by atoms with E-state index in [0.29, 0.717) is 16.9 Å². The van der Waals surface area contributed by atoms with Crippen molar-refractivity contribution < 1.29 is 41.9 Å². The number of para-hydroxylation sites is 1. The minimum atomic E-state index is -0.505. The van der Waals surface area contributed by atoms with Gasteiger partial charge in [0.05, 0.1) is 20.4 Å². The Balaban J connectivity index is 0.000000849. The largest absolute Gasteiger partial charge is 2.00 e. The third-order valence-corrected chi connectivity index (χ3v) is 3.48. The van der Waals surface area contributed by atoms with Crippen molar-refractivity contribution in [3.05, 3.63) is 84.2 Å². The summed E-state index contributed by atoms with van der Waals surface area (Å²) in [4.78, 5) is 3.78. The predicted octanol–water partition coefficient (Wildman–Crippen LogP) is 1.61. The van der Waals surface area contributed by atoms with E-state index in [-0.39, 0.29) is 28.6 Å². The zero-order valence-corrected chi connectivity index (χ0v) is 18.2. The summed E-state index contributed by atoms with van der Waals surface area (Å²) >= 11 is 0. The van der Waals surface area contributed by atoms with Crippen molar-refractivity contribution in [1.82, 2.24) is 4.98 Å². The zero-order valence-electron chi connectivity index (χ0n) is 17.2.